The number of rotatable bonds is 3. The van der Waals surface area contributed by atoms with Crippen molar-refractivity contribution in [3.63, 3.8) is 0 Å². The minimum atomic E-state index is -0.0664. The molecular formula is C23H19IN4O. The van der Waals surface area contributed by atoms with Crippen LogP contribution < -0.4 is 4.90 Å². The number of para-hydroxylation sites is 1. The summed E-state index contributed by atoms with van der Waals surface area (Å²) < 4.78 is 2.57. The van der Waals surface area contributed by atoms with Gasteiger partial charge in [-0.15, -0.1) is 0 Å². The second-order valence-corrected chi connectivity index (χ2v) is 7.88. The Bertz CT molecular complexity index is 1200. The smallest absolute Gasteiger partial charge is 0.278 e. The van der Waals surface area contributed by atoms with Gasteiger partial charge in [0.1, 0.15) is 0 Å². The number of carbonyl (C=O) groups excluding carboxylic acids is 1. The average molecular weight is 494 g/mol. The molecule has 4 aromatic rings. The Morgan fingerprint density at radius 2 is 1.83 bits per heavy atom. The zero-order valence-electron chi connectivity index (χ0n) is 15.8. The summed E-state index contributed by atoms with van der Waals surface area (Å²) in [7, 11) is 0. The average Bonchev–Trinajstić information content (AvgIpc) is 3.22. The molecule has 0 radical (unpaired) electrons. The van der Waals surface area contributed by atoms with Crippen LogP contribution in [0, 0.1) is 0 Å². The van der Waals surface area contributed by atoms with Crippen LogP contribution in [0.25, 0.3) is 16.9 Å². The molecule has 5 nitrogen and oxygen atoms in total. The first-order valence-electron chi connectivity index (χ1n) is 9.65. The molecule has 2 aromatic heterocycles. The van der Waals surface area contributed by atoms with Crippen LogP contribution in [0.3, 0.4) is 0 Å². The number of amides is 1. The van der Waals surface area contributed by atoms with E-state index in [9.17, 15) is 4.79 Å². The number of halogens is 1. The highest BCUT2D eigenvalue weighted by Gasteiger charge is 2.25. The minimum Gasteiger partial charge on any atom is -0.307 e. The van der Waals surface area contributed by atoms with Gasteiger partial charge in [-0.25, -0.2) is 9.50 Å². The van der Waals surface area contributed by atoms with Gasteiger partial charge in [-0.1, -0.05) is 71.1 Å². The van der Waals surface area contributed by atoms with E-state index in [-0.39, 0.29) is 5.91 Å². The van der Waals surface area contributed by atoms with E-state index in [1.165, 1.54) is 5.56 Å². The van der Waals surface area contributed by atoms with Crippen LogP contribution in [0.4, 0.5) is 5.69 Å². The van der Waals surface area contributed by atoms with Crippen LogP contribution in [-0.2, 0) is 10.8 Å². The van der Waals surface area contributed by atoms with Crippen molar-refractivity contribution < 1.29 is 4.79 Å². The maximum Gasteiger partial charge on any atom is 0.278 e. The third-order valence-electron chi connectivity index (χ3n) is 5.28. The second-order valence-electron chi connectivity index (χ2n) is 7.12. The number of hydrogen-bond donors (Lipinski definition) is 0. The van der Waals surface area contributed by atoms with Crippen LogP contribution in [0.2, 0.25) is 0 Å². The number of hydrogen-bond acceptors (Lipinski definition) is 3. The third-order valence-corrected chi connectivity index (χ3v) is 6.06. The Kier molecular flexibility index (Phi) is 4.79. The molecule has 0 unspecified atom stereocenters. The lowest BCUT2D eigenvalue weighted by molar-refractivity contribution is 0.0980. The highest BCUT2D eigenvalue weighted by atomic mass is 127. The topological polar surface area (TPSA) is 50.5 Å². The number of carbonyl (C=O) groups is 1. The molecule has 3 heterocycles. The Balaban J connectivity index is 1.58. The number of alkyl halides is 1. The first kappa shape index (κ1) is 18.3. The van der Waals surface area contributed by atoms with Crippen molar-refractivity contribution in [2.24, 2.45) is 0 Å². The van der Waals surface area contributed by atoms with Gasteiger partial charge in [-0.05, 0) is 30.5 Å². The van der Waals surface area contributed by atoms with Gasteiger partial charge in [-0.3, -0.25) is 4.79 Å². The van der Waals surface area contributed by atoms with E-state index in [1.54, 1.807) is 4.52 Å². The van der Waals surface area contributed by atoms with E-state index in [0.717, 1.165) is 39.9 Å². The molecule has 0 saturated carbocycles. The zero-order chi connectivity index (χ0) is 19.8. The fourth-order valence-corrected chi connectivity index (χ4v) is 4.42. The third kappa shape index (κ3) is 3.31. The fraction of sp³-hybridized carbons (Fsp3) is 0.174. The molecule has 0 fully saturated rings. The van der Waals surface area contributed by atoms with Crippen LogP contribution in [0.5, 0.6) is 0 Å². The first-order chi connectivity index (χ1) is 14.2. The summed E-state index contributed by atoms with van der Waals surface area (Å²) in [4.78, 5) is 19.9. The number of aryl methyl sites for hydroxylation is 1. The molecule has 29 heavy (non-hydrogen) atoms. The summed E-state index contributed by atoms with van der Waals surface area (Å²) in [5, 5.41) is 4.62. The quantitative estimate of drug-likeness (QED) is 0.300. The Labute approximate surface area is 182 Å². The van der Waals surface area contributed by atoms with Crippen molar-refractivity contribution in [2.75, 3.05) is 11.4 Å². The molecule has 0 N–H and O–H groups in total. The highest BCUT2D eigenvalue weighted by Crippen LogP contribution is 2.28. The fourth-order valence-electron chi connectivity index (χ4n) is 3.88. The lowest BCUT2D eigenvalue weighted by atomic mass is 10.0. The zero-order valence-corrected chi connectivity index (χ0v) is 17.9. The molecule has 6 heteroatoms. The van der Waals surface area contributed by atoms with Gasteiger partial charge in [0.2, 0.25) is 0 Å². The van der Waals surface area contributed by atoms with E-state index in [0.29, 0.717) is 17.9 Å². The summed E-state index contributed by atoms with van der Waals surface area (Å²) in [6, 6.07) is 22.1. The Morgan fingerprint density at radius 3 is 2.66 bits per heavy atom. The predicted octanol–water partition coefficient (Wildman–Crippen LogP) is 4.92. The van der Waals surface area contributed by atoms with E-state index in [4.69, 9.17) is 4.98 Å². The van der Waals surface area contributed by atoms with E-state index in [1.807, 2.05) is 65.6 Å². The molecule has 1 aliphatic rings. The number of benzene rings is 2. The van der Waals surface area contributed by atoms with Gasteiger partial charge in [0.25, 0.3) is 5.91 Å². The molecule has 0 aliphatic carbocycles. The molecule has 1 aliphatic heterocycles. The lowest BCUT2D eigenvalue weighted by Crippen LogP contribution is -2.35. The van der Waals surface area contributed by atoms with Gasteiger partial charge in [0, 0.05) is 28.3 Å². The highest BCUT2D eigenvalue weighted by molar-refractivity contribution is 14.1. The maximum atomic E-state index is 13.3. The SMILES string of the molecule is O=C(c1cc2nc(-c3ccccc3)cc(CI)n2n1)N1CCCc2ccccc21. The van der Waals surface area contributed by atoms with Gasteiger partial charge in [0.05, 0.1) is 11.4 Å². The maximum absolute atomic E-state index is 13.3. The predicted molar refractivity (Wildman–Crippen MR) is 123 cm³/mol. The van der Waals surface area contributed by atoms with Crippen molar-refractivity contribution >= 4 is 39.8 Å². The van der Waals surface area contributed by atoms with Gasteiger partial charge >= 0.3 is 0 Å². The van der Waals surface area contributed by atoms with Crippen molar-refractivity contribution in [2.45, 2.75) is 17.3 Å². The van der Waals surface area contributed by atoms with Crippen LogP contribution >= 0.6 is 22.6 Å². The van der Waals surface area contributed by atoms with Crippen molar-refractivity contribution in [1.82, 2.24) is 14.6 Å². The molecule has 5 rings (SSSR count). The summed E-state index contributed by atoms with van der Waals surface area (Å²) in [5.41, 5.74) is 6.32. The largest absolute Gasteiger partial charge is 0.307 e. The van der Waals surface area contributed by atoms with E-state index < -0.39 is 0 Å². The monoisotopic (exact) mass is 494 g/mol. The van der Waals surface area contributed by atoms with Crippen LogP contribution in [0.15, 0.2) is 66.7 Å². The Morgan fingerprint density at radius 1 is 1.03 bits per heavy atom. The van der Waals surface area contributed by atoms with Crippen LogP contribution in [0.1, 0.15) is 28.2 Å². The van der Waals surface area contributed by atoms with Crippen LogP contribution in [-0.4, -0.2) is 27.0 Å². The summed E-state index contributed by atoms with van der Waals surface area (Å²) >= 11 is 2.32. The summed E-state index contributed by atoms with van der Waals surface area (Å²) in [6.07, 6.45) is 1.97. The number of anilines is 1. The normalized spacial score (nSPS) is 13.5. The Hall–Kier alpha value is -2.74. The molecule has 0 atom stereocenters. The number of aromatic nitrogens is 3. The summed E-state index contributed by atoms with van der Waals surface area (Å²) in [5.74, 6) is -0.0664. The van der Waals surface area contributed by atoms with E-state index >= 15 is 0 Å². The molecule has 2 aromatic carbocycles. The standard InChI is InChI=1S/C23H19IN4O/c24-15-18-13-19(16-7-2-1-3-8-16)25-22-14-20(26-28(18)22)23(29)27-12-6-10-17-9-4-5-11-21(17)27/h1-5,7-9,11,13-14H,6,10,12,15H2. The molecular weight excluding hydrogens is 475 g/mol. The minimum absolute atomic E-state index is 0.0664. The van der Waals surface area contributed by atoms with Gasteiger partial charge in [-0.2, -0.15) is 5.10 Å². The lowest BCUT2D eigenvalue weighted by Gasteiger charge is -2.28. The van der Waals surface area contributed by atoms with E-state index in [2.05, 4.69) is 33.8 Å². The van der Waals surface area contributed by atoms with Crippen molar-refractivity contribution in [3.05, 3.63) is 83.7 Å². The molecule has 0 bridgehead atoms. The van der Waals surface area contributed by atoms with Gasteiger partial charge in [0.15, 0.2) is 11.3 Å². The van der Waals surface area contributed by atoms with Crippen molar-refractivity contribution in [3.8, 4) is 11.3 Å². The first-order valence-corrected chi connectivity index (χ1v) is 11.2. The number of nitrogens with zero attached hydrogens (tertiary/aromatic N) is 4. The van der Waals surface area contributed by atoms with Crippen molar-refractivity contribution in [1.29, 1.82) is 0 Å². The van der Waals surface area contributed by atoms with Gasteiger partial charge < -0.3 is 4.90 Å². The summed E-state index contributed by atoms with van der Waals surface area (Å²) in [6.45, 7) is 0.714. The number of fused-ring (bicyclic) bond motifs is 2. The molecule has 144 valence electrons. The molecule has 1 amide bonds. The molecule has 0 saturated heterocycles. The molecule has 0 spiro atoms. The second kappa shape index (κ2) is 7.59.